The molecule has 0 atom stereocenters. The Bertz CT molecular complexity index is 651. The van der Waals surface area contributed by atoms with Gasteiger partial charge in [-0.2, -0.15) is 4.68 Å². The van der Waals surface area contributed by atoms with E-state index in [9.17, 15) is 4.79 Å². The molecular weight excluding hydrogens is 318 g/mol. The molecule has 1 aromatic heterocycles. The van der Waals surface area contributed by atoms with Gasteiger partial charge in [0.15, 0.2) is 0 Å². The quantitative estimate of drug-likeness (QED) is 0.846. The van der Waals surface area contributed by atoms with E-state index in [4.69, 9.17) is 0 Å². The molecule has 6 nitrogen and oxygen atoms in total. The highest BCUT2D eigenvalue weighted by Gasteiger charge is 2.14. The fourth-order valence-corrected chi connectivity index (χ4v) is 2.73. The minimum absolute atomic E-state index is 0.0149. The first-order valence-electron chi connectivity index (χ1n) is 6.76. The second-order valence-corrected chi connectivity index (χ2v) is 8.15. The standard InChI is InChI=1S/C14H19N5OS2/c1-14(2,3)22-9-12(20)15-10-6-5-7-11(8-10)19-13(21-4)16-17-18-19/h5-8H,9H2,1-4H3,(H,15,20). The molecule has 1 heterocycles. The summed E-state index contributed by atoms with van der Waals surface area (Å²) in [5, 5.41) is 15.2. The number of anilines is 1. The zero-order valence-electron chi connectivity index (χ0n) is 13.0. The van der Waals surface area contributed by atoms with Crippen LogP contribution in [0.15, 0.2) is 29.4 Å². The number of hydrogen-bond donors (Lipinski definition) is 1. The number of aromatic nitrogens is 4. The normalized spacial score (nSPS) is 11.5. The van der Waals surface area contributed by atoms with Crippen molar-refractivity contribution >= 4 is 35.1 Å². The average Bonchev–Trinajstić information content (AvgIpc) is 2.93. The molecule has 0 radical (unpaired) electrons. The minimum Gasteiger partial charge on any atom is -0.325 e. The van der Waals surface area contributed by atoms with Crippen molar-refractivity contribution in [3.05, 3.63) is 24.3 Å². The van der Waals surface area contributed by atoms with E-state index in [1.165, 1.54) is 11.8 Å². The number of hydrogen-bond acceptors (Lipinski definition) is 6. The largest absolute Gasteiger partial charge is 0.325 e. The van der Waals surface area contributed by atoms with Crippen LogP contribution < -0.4 is 5.32 Å². The zero-order chi connectivity index (χ0) is 16.2. The number of nitrogens with one attached hydrogen (secondary N) is 1. The van der Waals surface area contributed by atoms with Gasteiger partial charge in [-0.1, -0.05) is 38.6 Å². The molecule has 8 heteroatoms. The molecule has 0 bridgehead atoms. The van der Waals surface area contributed by atoms with Crippen LogP contribution in [0, 0.1) is 0 Å². The van der Waals surface area contributed by atoms with E-state index in [1.54, 1.807) is 16.4 Å². The van der Waals surface area contributed by atoms with Gasteiger partial charge in [-0.15, -0.1) is 16.9 Å². The van der Waals surface area contributed by atoms with E-state index in [0.29, 0.717) is 10.9 Å². The summed E-state index contributed by atoms with van der Waals surface area (Å²) in [6, 6.07) is 7.48. The highest BCUT2D eigenvalue weighted by Crippen LogP contribution is 2.23. The lowest BCUT2D eigenvalue weighted by Crippen LogP contribution is -2.19. The number of amides is 1. The van der Waals surface area contributed by atoms with Crippen LogP contribution in [0.1, 0.15) is 20.8 Å². The lowest BCUT2D eigenvalue weighted by atomic mass is 10.3. The molecule has 118 valence electrons. The molecule has 2 rings (SSSR count). The summed E-state index contributed by atoms with van der Waals surface area (Å²) in [4.78, 5) is 12.0. The van der Waals surface area contributed by atoms with Crippen molar-refractivity contribution in [1.29, 1.82) is 0 Å². The van der Waals surface area contributed by atoms with E-state index in [1.807, 2.05) is 30.5 Å². The second kappa shape index (κ2) is 7.15. The van der Waals surface area contributed by atoms with Crippen LogP contribution >= 0.6 is 23.5 Å². The summed E-state index contributed by atoms with van der Waals surface area (Å²) in [6.45, 7) is 6.27. The maximum atomic E-state index is 12.0. The highest BCUT2D eigenvalue weighted by molar-refractivity contribution is 8.01. The van der Waals surface area contributed by atoms with Gasteiger partial charge in [-0.25, -0.2) is 0 Å². The van der Waals surface area contributed by atoms with Gasteiger partial charge in [-0.05, 0) is 34.9 Å². The first kappa shape index (κ1) is 16.8. The molecule has 2 aromatic rings. The second-order valence-electron chi connectivity index (χ2n) is 5.58. The van der Waals surface area contributed by atoms with Crippen LogP contribution in [-0.2, 0) is 4.79 Å². The van der Waals surface area contributed by atoms with Crippen LogP contribution in [0.5, 0.6) is 0 Å². The van der Waals surface area contributed by atoms with Gasteiger partial charge in [0.2, 0.25) is 11.1 Å². The lowest BCUT2D eigenvalue weighted by molar-refractivity contribution is -0.113. The van der Waals surface area contributed by atoms with E-state index < -0.39 is 0 Å². The summed E-state index contributed by atoms with van der Waals surface area (Å²) >= 11 is 3.08. The van der Waals surface area contributed by atoms with Crippen molar-refractivity contribution in [3.63, 3.8) is 0 Å². The monoisotopic (exact) mass is 337 g/mol. The van der Waals surface area contributed by atoms with E-state index in [2.05, 4.69) is 41.6 Å². The SMILES string of the molecule is CSc1nnnn1-c1cccc(NC(=O)CSC(C)(C)C)c1. The molecule has 1 N–H and O–H groups in total. The Labute approximate surface area is 138 Å². The fourth-order valence-electron chi connectivity index (χ4n) is 1.66. The number of carbonyl (C=O) groups excluding carboxylic acids is 1. The third kappa shape index (κ3) is 4.74. The predicted octanol–water partition coefficient (Wildman–Crippen LogP) is 2.85. The van der Waals surface area contributed by atoms with Gasteiger partial charge in [0, 0.05) is 10.4 Å². The minimum atomic E-state index is -0.0149. The van der Waals surface area contributed by atoms with Gasteiger partial charge >= 0.3 is 0 Å². The Morgan fingerprint density at radius 2 is 2.14 bits per heavy atom. The third-order valence-corrected chi connectivity index (χ3v) is 4.53. The molecule has 22 heavy (non-hydrogen) atoms. The Kier molecular flexibility index (Phi) is 5.47. The molecule has 0 unspecified atom stereocenters. The van der Waals surface area contributed by atoms with Gasteiger partial charge in [0.1, 0.15) is 0 Å². The van der Waals surface area contributed by atoms with Gasteiger partial charge in [0.25, 0.3) is 0 Å². The maximum Gasteiger partial charge on any atom is 0.234 e. The molecule has 0 aliphatic carbocycles. The van der Waals surface area contributed by atoms with E-state index in [0.717, 1.165) is 11.4 Å². The van der Waals surface area contributed by atoms with Crippen LogP contribution in [0.4, 0.5) is 5.69 Å². The third-order valence-electron chi connectivity index (χ3n) is 2.63. The molecule has 0 saturated heterocycles. The number of carbonyl (C=O) groups is 1. The Morgan fingerprint density at radius 1 is 1.36 bits per heavy atom. The van der Waals surface area contributed by atoms with Crippen LogP contribution in [0.2, 0.25) is 0 Å². The summed E-state index contributed by atoms with van der Waals surface area (Å²) in [5.74, 6) is 0.410. The van der Waals surface area contributed by atoms with Crippen LogP contribution in [0.25, 0.3) is 5.69 Å². The lowest BCUT2D eigenvalue weighted by Gasteiger charge is -2.17. The number of thioether (sulfide) groups is 2. The van der Waals surface area contributed by atoms with Crippen molar-refractivity contribution in [3.8, 4) is 5.69 Å². The smallest absolute Gasteiger partial charge is 0.234 e. The number of benzene rings is 1. The molecule has 0 spiro atoms. The number of rotatable bonds is 5. The average molecular weight is 337 g/mol. The Balaban J connectivity index is 2.07. The maximum absolute atomic E-state index is 12.0. The van der Waals surface area contributed by atoms with E-state index in [-0.39, 0.29) is 10.7 Å². The van der Waals surface area contributed by atoms with Crippen molar-refractivity contribution < 1.29 is 4.79 Å². The summed E-state index contributed by atoms with van der Waals surface area (Å²) in [6.07, 6.45) is 1.91. The molecule has 0 aliphatic rings. The summed E-state index contributed by atoms with van der Waals surface area (Å²) < 4.78 is 1.71. The van der Waals surface area contributed by atoms with E-state index >= 15 is 0 Å². The van der Waals surface area contributed by atoms with Gasteiger partial charge in [-0.3, -0.25) is 4.79 Å². The number of nitrogens with zero attached hydrogens (tertiary/aromatic N) is 4. The van der Waals surface area contributed by atoms with Crippen molar-refractivity contribution in [2.24, 2.45) is 0 Å². The molecular formula is C14H19N5OS2. The summed E-state index contributed by atoms with van der Waals surface area (Å²) in [7, 11) is 0. The fraction of sp³-hybridized carbons (Fsp3) is 0.429. The predicted molar refractivity (Wildman–Crippen MR) is 91.8 cm³/mol. The van der Waals surface area contributed by atoms with Gasteiger partial charge < -0.3 is 5.32 Å². The molecule has 0 aliphatic heterocycles. The molecule has 1 aromatic carbocycles. The highest BCUT2D eigenvalue weighted by atomic mass is 32.2. The van der Waals surface area contributed by atoms with Crippen LogP contribution in [-0.4, -0.2) is 42.9 Å². The van der Waals surface area contributed by atoms with Crippen molar-refractivity contribution in [2.45, 2.75) is 30.7 Å². The van der Waals surface area contributed by atoms with Crippen molar-refractivity contribution in [1.82, 2.24) is 20.2 Å². The number of tetrazole rings is 1. The summed E-state index contributed by atoms with van der Waals surface area (Å²) in [5.41, 5.74) is 1.55. The molecule has 0 saturated carbocycles. The first-order valence-corrected chi connectivity index (χ1v) is 8.97. The Hall–Kier alpha value is -1.54. The molecule has 0 fully saturated rings. The molecule has 1 amide bonds. The van der Waals surface area contributed by atoms with Gasteiger partial charge in [0.05, 0.1) is 11.4 Å². The zero-order valence-corrected chi connectivity index (χ0v) is 14.7. The Morgan fingerprint density at radius 3 is 2.82 bits per heavy atom. The van der Waals surface area contributed by atoms with Crippen LogP contribution in [0.3, 0.4) is 0 Å². The first-order chi connectivity index (χ1) is 10.4. The topological polar surface area (TPSA) is 72.7 Å². The van der Waals surface area contributed by atoms with Crippen molar-refractivity contribution in [2.75, 3.05) is 17.3 Å².